The van der Waals surface area contributed by atoms with Crippen LogP contribution in [0.4, 0.5) is 0 Å². The van der Waals surface area contributed by atoms with Gasteiger partial charge in [-0.15, -0.1) is 0 Å². The number of hydrogen-bond donors (Lipinski definition) is 0. The smallest absolute Gasteiger partial charge is 0.338 e. The third kappa shape index (κ3) is 9.84. The number of aldehydes is 1. The molecular formula is C22H26O7. The second-order valence-corrected chi connectivity index (χ2v) is 5.87. The summed E-state index contributed by atoms with van der Waals surface area (Å²) in [6.07, 6.45) is 0.790. The molecule has 0 radical (unpaired) electrons. The Balaban J connectivity index is 1.34. The standard InChI is InChI=1S/C22H26O7/c23-18-19-6-8-21(9-7-19)28-16-14-26-12-10-25-11-13-27-15-17-29-22(24)20-4-2-1-3-5-20/h1-9,18H,10-17H2. The predicted octanol–water partition coefficient (Wildman–Crippen LogP) is 2.78. The summed E-state index contributed by atoms with van der Waals surface area (Å²) < 4.78 is 26.7. The largest absolute Gasteiger partial charge is 0.491 e. The number of hydrogen-bond acceptors (Lipinski definition) is 7. The van der Waals surface area contributed by atoms with Crippen LogP contribution in [0.2, 0.25) is 0 Å². The molecule has 0 aliphatic heterocycles. The van der Waals surface area contributed by atoms with E-state index < -0.39 is 0 Å². The van der Waals surface area contributed by atoms with Crippen LogP contribution in [0.3, 0.4) is 0 Å². The molecule has 2 rings (SSSR count). The zero-order chi connectivity index (χ0) is 20.6. The van der Waals surface area contributed by atoms with Gasteiger partial charge in [0, 0.05) is 5.56 Å². The summed E-state index contributed by atoms with van der Waals surface area (Å²) in [5, 5.41) is 0. The lowest BCUT2D eigenvalue weighted by Crippen LogP contribution is -2.15. The first-order valence-electron chi connectivity index (χ1n) is 9.43. The lowest BCUT2D eigenvalue weighted by atomic mass is 10.2. The van der Waals surface area contributed by atoms with Crippen molar-refractivity contribution in [1.29, 1.82) is 0 Å². The summed E-state index contributed by atoms with van der Waals surface area (Å²) in [4.78, 5) is 22.3. The molecule has 0 bridgehead atoms. The molecule has 0 spiro atoms. The van der Waals surface area contributed by atoms with Crippen LogP contribution in [0.15, 0.2) is 54.6 Å². The van der Waals surface area contributed by atoms with Crippen molar-refractivity contribution in [2.45, 2.75) is 0 Å². The fraction of sp³-hybridized carbons (Fsp3) is 0.364. The highest BCUT2D eigenvalue weighted by Crippen LogP contribution is 2.10. The maximum atomic E-state index is 11.7. The van der Waals surface area contributed by atoms with Gasteiger partial charge >= 0.3 is 5.97 Å². The molecule has 2 aromatic rings. The molecule has 7 heteroatoms. The molecule has 0 aromatic heterocycles. The van der Waals surface area contributed by atoms with Crippen molar-refractivity contribution in [1.82, 2.24) is 0 Å². The van der Waals surface area contributed by atoms with E-state index in [1.54, 1.807) is 48.5 Å². The van der Waals surface area contributed by atoms with Crippen LogP contribution in [-0.2, 0) is 18.9 Å². The van der Waals surface area contributed by atoms with Gasteiger partial charge in [-0.2, -0.15) is 0 Å². The second-order valence-electron chi connectivity index (χ2n) is 5.87. The molecule has 0 saturated carbocycles. The maximum absolute atomic E-state index is 11.7. The van der Waals surface area contributed by atoms with Crippen LogP contribution < -0.4 is 4.74 Å². The highest BCUT2D eigenvalue weighted by Gasteiger charge is 2.04. The molecule has 0 fully saturated rings. The number of benzene rings is 2. The van der Waals surface area contributed by atoms with Gasteiger partial charge in [0.15, 0.2) is 0 Å². The second kappa shape index (κ2) is 14.3. The predicted molar refractivity (Wildman–Crippen MR) is 107 cm³/mol. The van der Waals surface area contributed by atoms with Gasteiger partial charge in [-0.05, 0) is 36.4 Å². The summed E-state index contributed by atoms with van der Waals surface area (Å²) in [6, 6.07) is 15.7. The summed E-state index contributed by atoms with van der Waals surface area (Å²) >= 11 is 0. The fourth-order valence-electron chi connectivity index (χ4n) is 2.25. The number of carbonyl (C=O) groups excluding carboxylic acids is 2. The first-order valence-corrected chi connectivity index (χ1v) is 9.43. The topological polar surface area (TPSA) is 80.3 Å². The molecule has 0 amide bonds. The van der Waals surface area contributed by atoms with E-state index in [1.807, 2.05) is 6.07 Å². The molecule has 0 aliphatic carbocycles. The molecule has 0 N–H and O–H groups in total. The molecule has 2 aromatic carbocycles. The Morgan fingerprint density at radius 3 is 1.83 bits per heavy atom. The Bertz CT molecular complexity index is 701. The average Bonchev–Trinajstić information content (AvgIpc) is 2.77. The van der Waals surface area contributed by atoms with Gasteiger partial charge in [0.1, 0.15) is 25.2 Å². The van der Waals surface area contributed by atoms with E-state index in [4.69, 9.17) is 23.7 Å². The number of rotatable bonds is 15. The van der Waals surface area contributed by atoms with Crippen LogP contribution in [0.1, 0.15) is 20.7 Å². The summed E-state index contributed by atoms with van der Waals surface area (Å²) in [6.45, 7) is 3.17. The van der Waals surface area contributed by atoms with Crippen molar-refractivity contribution in [3.63, 3.8) is 0 Å². The SMILES string of the molecule is O=Cc1ccc(OCCOCCOCCOCCOC(=O)c2ccccc2)cc1. The van der Waals surface area contributed by atoms with E-state index in [-0.39, 0.29) is 12.6 Å². The van der Waals surface area contributed by atoms with Gasteiger partial charge in [-0.25, -0.2) is 4.79 Å². The van der Waals surface area contributed by atoms with E-state index in [9.17, 15) is 9.59 Å². The highest BCUT2D eigenvalue weighted by molar-refractivity contribution is 5.89. The number of ether oxygens (including phenoxy) is 5. The van der Waals surface area contributed by atoms with Gasteiger partial charge in [-0.3, -0.25) is 4.79 Å². The maximum Gasteiger partial charge on any atom is 0.338 e. The third-order valence-corrected chi connectivity index (χ3v) is 3.73. The molecule has 0 saturated heterocycles. The average molecular weight is 402 g/mol. The quantitative estimate of drug-likeness (QED) is 0.257. The lowest BCUT2D eigenvalue weighted by molar-refractivity contribution is -0.00222. The first kappa shape index (κ1) is 22.5. The third-order valence-electron chi connectivity index (χ3n) is 3.73. The van der Waals surface area contributed by atoms with E-state index in [2.05, 4.69) is 0 Å². The van der Waals surface area contributed by atoms with Gasteiger partial charge in [-0.1, -0.05) is 18.2 Å². The Morgan fingerprint density at radius 1 is 0.690 bits per heavy atom. The molecular weight excluding hydrogens is 376 g/mol. The Kier molecular flexibility index (Phi) is 11.1. The lowest BCUT2D eigenvalue weighted by Gasteiger charge is -2.08. The van der Waals surface area contributed by atoms with E-state index >= 15 is 0 Å². The summed E-state index contributed by atoms with van der Waals surface area (Å²) in [7, 11) is 0. The molecule has 29 heavy (non-hydrogen) atoms. The van der Waals surface area contributed by atoms with Crippen molar-refractivity contribution < 1.29 is 33.3 Å². The Labute approximate surface area is 170 Å². The van der Waals surface area contributed by atoms with Crippen LogP contribution in [-0.4, -0.2) is 65.1 Å². The van der Waals surface area contributed by atoms with E-state index in [0.29, 0.717) is 63.1 Å². The van der Waals surface area contributed by atoms with Crippen molar-refractivity contribution in [3.05, 3.63) is 65.7 Å². The Hall–Kier alpha value is -2.74. The summed E-state index contributed by atoms with van der Waals surface area (Å²) in [5.74, 6) is 0.339. The molecule has 0 aliphatic rings. The van der Waals surface area contributed by atoms with E-state index in [1.165, 1.54) is 0 Å². The minimum atomic E-state index is -0.357. The van der Waals surface area contributed by atoms with Crippen LogP contribution in [0, 0.1) is 0 Å². The van der Waals surface area contributed by atoms with Crippen molar-refractivity contribution in [3.8, 4) is 5.75 Å². The van der Waals surface area contributed by atoms with Crippen molar-refractivity contribution in [2.24, 2.45) is 0 Å². The van der Waals surface area contributed by atoms with Crippen molar-refractivity contribution in [2.75, 3.05) is 52.9 Å². The molecule has 0 heterocycles. The monoisotopic (exact) mass is 402 g/mol. The van der Waals surface area contributed by atoms with Gasteiger partial charge in [0.25, 0.3) is 0 Å². The fourth-order valence-corrected chi connectivity index (χ4v) is 2.25. The van der Waals surface area contributed by atoms with E-state index in [0.717, 1.165) is 6.29 Å². The van der Waals surface area contributed by atoms with Gasteiger partial charge < -0.3 is 23.7 Å². The molecule has 0 atom stereocenters. The number of esters is 1. The minimum Gasteiger partial charge on any atom is -0.491 e. The molecule has 0 unspecified atom stereocenters. The summed E-state index contributed by atoms with van der Waals surface area (Å²) in [5.41, 5.74) is 1.14. The van der Waals surface area contributed by atoms with Gasteiger partial charge in [0.05, 0.1) is 45.2 Å². The van der Waals surface area contributed by atoms with Crippen LogP contribution in [0.25, 0.3) is 0 Å². The zero-order valence-electron chi connectivity index (χ0n) is 16.3. The number of carbonyl (C=O) groups is 2. The zero-order valence-corrected chi connectivity index (χ0v) is 16.3. The van der Waals surface area contributed by atoms with Crippen LogP contribution >= 0.6 is 0 Å². The molecule has 7 nitrogen and oxygen atoms in total. The Morgan fingerprint density at radius 2 is 1.24 bits per heavy atom. The minimum absolute atomic E-state index is 0.203. The van der Waals surface area contributed by atoms with Gasteiger partial charge in [0.2, 0.25) is 0 Å². The normalized spacial score (nSPS) is 10.5. The highest BCUT2D eigenvalue weighted by atomic mass is 16.6. The van der Waals surface area contributed by atoms with Crippen molar-refractivity contribution >= 4 is 12.3 Å². The molecule has 156 valence electrons. The first-order chi connectivity index (χ1) is 14.3. The van der Waals surface area contributed by atoms with Crippen LogP contribution in [0.5, 0.6) is 5.75 Å².